The lowest BCUT2D eigenvalue weighted by atomic mass is 10.2. The Labute approximate surface area is 190 Å². The number of aliphatic imine (C=N–C) groups is 1. The fraction of sp³-hybridized carbons (Fsp3) is 0.409. The Balaban J connectivity index is 0.00000300. The summed E-state index contributed by atoms with van der Waals surface area (Å²) in [7, 11) is 3.46. The van der Waals surface area contributed by atoms with Crippen molar-refractivity contribution in [2.24, 2.45) is 4.99 Å². The molecule has 2 N–H and O–H groups in total. The van der Waals surface area contributed by atoms with Crippen LogP contribution in [-0.4, -0.2) is 45.9 Å². The van der Waals surface area contributed by atoms with Gasteiger partial charge in [-0.1, -0.05) is 24.3 Å². The molecule has 1 fully saturated rings. The molecular weight excluding hydrogens is 479 g/mol. The Morgan fingerprint density at radius 1 is 1.17 bits per heavy atom. The van der Waals surface area contributed by atoms with E-state index >= 15 is 0 Å². The minimum absolute atomic E-state index is 0. The molecular formula is C22H31IN4O2. The van der Waals surface area contributed by atoms with E-state index in [0.29, 0.717) is 19.2 Å². The van der Waals surface area contributed by atoms with E-state index in [1.807, 2.05) is 25.1 Å². The number of anilines is 1. The van der Waals surface area contributed by atoms with Crippen LogP contribution in [-0.2, 0) is 6.54 Å². The second kappa shape index (κ2) is 11.7. The van der Waals surface area contributed by atoms with Crippen molar-refractivity contribution in [2.45, 2.75) is 25.9 Å². The van der Waals surface area contributed by atoms with Crippen LogP contribution in [0.15, 0.2) is 53.5 Å². The van der Waals surface area contributed by atoms with Crippen molar-refractivity contribution in [1.82, 2.24) is 10.6 Å². The van der Waals surface area contributed by atoms with Gasteiger partial charge in [0.25, 0.3) is 0 Å². The van der Waals surface area contributed by atoms with Crippen LogP contribution in [0.25, 0.3) is 0 Å². The molecule has 1 heterocycles. The Kier molecular flexibility index (Phi) is 9.37. The van der Waals surface area contributed by atoms with Crippen LogP contribution in [0.1, 0.15) is 18.9 Å². The Morgan fingerprint density at radius 3 is 2.66 bits per heavy atom. The SMILES string of the molecule is CCOc1ccc(CNC(=NC)NC2CCN(c3ccccc3)C2)cc1OC.I. The van der Waals surface area contributed by atoms with Crippen LogP contribution >= 0.6 is 24.0 Å². The molecule has 0 radical (unpaired) electrons. The van der Waals surface area contributed by atoms with E-state index in [1.165, 1.54) is 5.69 Å². The number of nitrogens with zero attached hydrogens (tertiary/aromatic N) is 2. The standard InChI is InChI=1S/C22H30N4O2.HI/c1-4-28-20-11-10-17(14-21(20)27-3)15-24-22(23-2)25-18-12-13-26(16-18)19-8-6-5-7-9-19;/h5-11,14,18H,4,12-13,15-16H2,1-3H3,(H2,23,24,25);1H. The lowest BCUT2D eigenvalue weighted by Crippen LogP contribution is -2.44. The van der Waals surface area contributed by atoms with Gasteiger partial charge in [0.1, 0.15) is 0 Å². The van der Waals surface area contributed by atoms with Crippen molar-refractivity contribution >= 4 is 35.6 Å². The number of nitrogens with one attached hydrogen (secondary N) is 2. The molecule has 29 heavy (non-hydrogen) atoms. The van der Waals surface area contributed by atoms with Crippen molar-refractivity contribution < 1.29 is 9.47 Å². The monoisotopic (exact) mass is 510 g/mol. The lowest BCUT2D eigenvalue weighted by molar-refractivity contribution is 0.310. The Hall–Kier alpha value is -2.16. The first-order valence-corrected chi connectivity index (χ1v) is 9.80. The average molecular weight is 510 g/mol. The molecule has 1 saturated heterocycles. The number of guanidine groups is 1. The van der Waals surface area contributed by atoms with Gasteiger partial charge in [0.05, 0.1) is 13.7 Å². The molecule has 1 unspecified atom stereocenters. The molecule has 2 aromatic carbocycles. The molecule has 0 bridgehead atoms. The minimum atomic E-state index is 0. The molecule has 3 rings (SSSR count). The van der Waals surface area contributed by atoms with Gasteiger partial charge in [0.2, 0.25) is 0 Å². The van der Waals surface area contributed by atoms with E-state index in [9.17, 15) is 0 Å². The maximum Gasteiger partial charge on any atom is 0.191 e. The Bertz CT molecular complexity index is 786. The van der Waals surface area contributed by atoms with Crippen LogP contribution in [0, 0.1) is 0 Å². The highest BCUT2D eigenvalue weighted by atomic mass is 127. The molecule has 7 heteroatoms. The van der Waals surface area contributed by atoms with Crippen molar-refractivity contribution in [1.29, 1.82) is 0 Å². The summed E-state index contributed by atoms with van der Waals surface area (Å²) in [5.74, 6) is 2.33. The topological polar surface area (TPSA) is 58.1 Å². The summed E-state index contributed by atoms with van der Waals surface area (Å²) in [6.45, 7) is 5.27. The molecule has 1 atom stereocenters. The zero-order valence-corrected chi connectivity index (χ0v) is 19.7. The van der Waals surface area contributed by atoms with Crippen LogP contribution < -0.4 is 25.0 Å². The highest BCUT2D eigenvalue weighted by molar-refractivity contribution is 14.0. The van der Waals surface area contributed by atoms with E-state index in [-0.39, 0.29) is 24.0 Å². The van der Waals surface area contributed by atoms with E-state index in [0.717, 1.165) is 42.5 Å². The van der Waals surface area contributed by atoms with Crippen LogP contribution in [0.3, 0.4) is 0 Å². The van der Waals surface area contributed by atoms with Gasteiger partial charge in [-0.05, 0) is 43.2 Å². The molecule has 0 aromatic heterocycles. The predicted octanol–water partition coefficient (Wildman–Crippen LogP) is 3.66. The number of benzene rings is 2. The number of methoxy groups -OCH3 is 1. The number of para-hydroxylation sites is 1. The highest BCUT2D eigenvalue weighted by Crippen LogP contribution is 2.28. The normalized spacial score (nSPS) is 16.2. The molecule has 6 nitrogen and oxygen atoms in total. The molecule has 0 saturated carbocycles. The van der Waals surface area contributed by atoms with Gasteiger partial charge >= 0.3 is 0 Å². The largest absolute Gasteiger partial charge is 0.493 e. The highest BCUT2D eigenvalue weighted by Gasteiger charge is 2.23. The van der Waals surface area contributed by atoms with Gasteiger partial charge in [0, 0.05) is 38.4 Å². The van der Waals surface area contributed by atoms with Crippen molar-refractivity contribution in [3.8, 4) is 11.5 Å². The van der Waals surface area contributed by atoms with Gasteiger partial charge < -0.3 is 25.0 Å². The summed E-state index contributed by atoms with van der Waals surface area (Å²) in [4.78, 5) is 6.78. The molecule has 0 spiro atoms. The molecule has 1 aliphatic rings. The van der Waals surface area contributed by atoms with Crippen molar-refractivity contribution in [2.75, 3.05) is 38.8 Å². The van der Waals surface area contributed by atoms with E-state index < -0.39 is 0 Å². The quantitative estimate of drug-likeness (QED) is 0.339. The first kappa shape index (κ1) is 23.1. The van der Waals surface area contributed by atoms with Gasteiger partial charge in [-0.15, -0.1) is 24.0 Å². The average Bonchev–Trinajstić information content (AvgIpc) is 3.21. The molecule has 0 aliphatic carbocycles. The van der Waals surface area contributed by atoms with Gasteiger partial charge in [-0.2, -0.15) is 0 Å². The molecule has 1 aliphatic heterocycles. The van der Waals surface area contributed by atoms with Crippen LogP contribution in [0.4, 0.5) is 5.69 Å². The fourth-order valence-electron chi connectivity index (χ4n) is 3.42. The maximum absolute atomic E-state index is 5.58. The predicted molar refractivity (Wildman–Crippen MR) is 130 cm³/mol. The summed E-state index contributed by atoms with van der Waals surface area (Å²) in [6.07, 6.45) is 1.09. The number of hydrogen-bond acceptors (Lipinski definition) is 4. The maximum atomic E-state index is 5.58. The third-order valence-electron chi connectivity index (χ3n) is 4.86. The first-order valence-electron chi connectivity index (χ1n) is 9.80. The van der Waals surface area contributed by atoms with Crippen molar-refractivity contribution in [3.63, 3.8) is 0 Å². The second-order valence-electron chi connectivity index (χ2n) is 6.76. The van der Waals surface area contributed by atoms with E-state index in [1.54, 1.807) is 14.2 Å². The summed E-state index contributed by atoms with van der Waals surface area (Å²) >= 11 is 0. The van der Waals surface area contributed by atoms with Crippen LogP contribution in [0.5, 0.6) is 11.5 Å². The fourth-order valence-corrected chi connectivity index (χ4v) is 3.42. The zero-order chi connectivity index (χ0) is 19.8. The minimum Gasteiger partial charge on any atom is -0.493 e. The second-order valence-corrected chi connectivity index (χ2v) is 6.76. The zero-order valence-electron chi connectivity index (χ0n) is 17.4. The molecule has 2 aromatic rings. The summed E-state index contributed by atoms with van der Waals surface area (Å²) in [5.41, 5.74) is 2.39. The first-order chi connectivity index (χ1) is 13.7. The number of ether oxygens (including phenoxy) is 2. The smallest absolute Gasteiger partial charge is 0.191 e. The third-order valence-corrected chi connectivity index (χ3v) is 4.86. The lowest BCUT2D eigenvalue weighted by Gasteiger charge is -2.20. The Morgan fingerprint density at radius 2 is 1.97 bits per heavy atom. The van der Waals surface area contributed by atoms with E-state index in [4.69, 9.17) is 9.47 Å². The van der Waals surface area contributed by atoms with E-state index in [2.05, 4.69) is 50.9 Å². The number of hydrogen-bond donors (Lipinski definition) is 2. The number of halogens is 1. The van der Waals surface area contributed by atoms with Crippen LogP contribution in [0.2, 0.25) is 0 Å². The third kappa shape index (κ3) is 6.42. The van der Waals surface area contributed by atoms with Gasteiger partial charge in [-0.25, -0.2) is 0 Å². The van der Waals surface area contributed by atoms with Gasteiger partial charge in [0.15, 0.2) is 17.5 Å². The molecule has 158 valence electrons. The molecule has 0 amide bonds. The summed E-state index contributed by atoms with van der Waals surface area (Å²) in [6, 6.07) is 16.9. The summed E-state index contributed by atoms with van der Waals surface area (Å²) < 4.78 is 11.0. The number of rotatable bonds is 7. The van der Waals surface area contributed by atoms with Gasteiger partial charge in [-0.3, -0.25) is 4.99 Å². The van der Waals surface area contributed by atoms with Crippen molar-refractivity contribution in [3.05, 3.63) is 54.1 Å². The summed E-state index contributed by atoms with van der Waals surface area (Å²) in [5, 5.41) is 6.93.